The summed E-state index contributed by atoms with van der Waals surface area (Å²) in [5.74, 6) is -2.73. The van der Waals surface area contributed by atoms with Crippen LogP contribution in [0.3, 0.4) is 0 Å². The topological polar surface area (TPSA) is 98.7 Å². The van der Waals surface area contributed by atoms with Crippen LogP contribution in [0.1, 0.15) is 32.7 Å². The Bertz CT molecular complexity index is 1190. The zero-order valence-corrected chi connectivity index (χ0v) is 17.7. The van der Waals surface area contributed by atoms with Crippen LogP contribution in [0.25, 0.3) is 22.4 Å². The quantitative estimate of drug-likeness (QED) is 0.542. The Morgan fingerprint density at radius 2 is 2.06 bits per heavy atom. The van der Waals surface area contributed by atoms with E-state index in [0.717, 1.165) is 0 Å². The minimum absolute atomic E-state index is 0.0282. The van der Waals surface area contributed by atoms with Crippen LogP contribution in [0, 0.1) is 11.7 Å². The average molecular weight is 450 g/mol. The summed E-state index contributed by atoms with van der Waals surface area (Å²) in [7, 11) is 0. The van der Waals surface area contributed by atoms with Gasteiger partial charge < -0.3 is 10.5 Å². The lowest BCUT2D eigenvalue weighted by Gasteiger charge is -2.34. The third-order valence-corrected chi connectivity index (χ3v) is 6.09. The van der Waals surface area contributed by atoms with Crippen molar-refractivity contribution in [2.75, 3.05) is 16.2 Å². The van der Waals surface area contributed by atoms with Gasteiger partial charge in [0.1, 0.15) is 17.0 Å². The van der Waals surface area contributed by atoms with Gasteiger partial charge in [0.25, 0.3) is 5.56 Å². The van der Waals surface area contributed by atoms with E-state index in [9.17, 15) is 18.0 Å². The molecule has 1 aromatic carbocycles. The van der Waals surface area contributed by atoms with Gasteiger partial charge in [0.05, 0.1) is 11.9 Å². The van der Waals surface area contributed by atoms with Gasteiger partial charge in [0, 0.05) is 30.2 Å². The number of nitrogens with one attached hydrogen (secondary N) is 1. The van der Waals surface area contributed by atoms with Crippen molar-refractivity contribution in [3.63, 3.8) is 0 Å². The Balaban J connectivity index is 1.60. The minimum atomic E-state index is -2.56. The van der Waals surface area contributed by atoms with E-state index < -0.39 is 17.3 Å². The van der Waals surface area contributed by atoms with E-state index in [1.165, 1.54) is 34.8 Å². The van der Waals surface area contributed by atoms with Gasteiger partial charge in [-0.3, -0.25) is 9.36 Å². The number of hydrogen-bond donors (Lipinski definition) is 2. The molecule has 2 heterocycles. The summed E-state index contributed by atoms with van der Waals surface area (Å²) >= 11 is 1.19. The minimum Gasteiger partial charge on any atom is -0.368 e. The number of benzene rings is 1. The molecule has 3 aromatic rings. The number of aromatic nitrogens is 4. The van der Waals surface area contributed by atoms with Crippen molar-refractivity contribution in [2.24, 2.45) is 5.92 Å². The van der Waals surface area contributed by atoms with Gasteiger partial charge in [-0.15, -0.1) is 0 Å². The lowest BCUT2D eigenvalue weighted by molar-refractivity contribution is -0.103. The van der Waals surface area contributed by atoms with E-state index in [1.807, 2.05) is 13.8 Å². The van der Waals surface area contributed by atoms with E-state index in [-0.39, 0.29) is 42.1 Å². The van der Waals surface area contributed by atoms with Crippen LogP contribution in [-0.4, -0.2) is 31.2 Å². The molecular formula is C20H21F3N6OS. The fourth-order valence-electron chi connectivity index (χ4n) is 3.57. The van der Waals surface area contributed by atoms with Gasteiger partial charge in [-0.1, -0.05) is 18.0 Å². The number of hydrogen-bond acceptors (Lipinski definition) is 7. The molecule has 164 valence electrons. The summed E-state index contributed by atoms with van der Waals surface area (Å²) in [5, 5.41) is 0. The van der Waals surface area contributed by atoms with E-state index in [2.05, 4.69) is 19.7 Å². The molecule has 1 aliphatic carbocycles. The highest BCUT2D eigenvalue weighted by Crippen LogP contribution is 2.43. The molecule has 0 bridgehead atoms. The second-order valence-corrected chi connectivity index (χ2v) is 8.73. The first-order valence-electron chi connectivity index (χ1n) is 9.75. The molecule has 2 aromatic heterocycles. The Hall–Kier alpha value is -2.82. The maximum atomic E-state index is 14.7. The standard InChI is InChI=1S/C20H21F3N6OS/c1-10(2)29-17-15(8-25-19(24)27-17)26-16(18(29)30)12-3-4-14(13(21)5-12)28-31-9-11-6-20(22,23)7-11/h3-5,8,10-11,28H,6-7,9H2,1-2H3,(H2,24,25,27). The smallest absolute Gasteiger partial charge is 0.278 e. The molecule has 7 nitrogen and oxygen atoms in total. The zero-order valence-electron chi connectivity index (χ0n) is 16.9. The van der Waals surface area contributed by atoms with Crippen LogP contribution >= 0.6 is 11.9 Å². The van der Waals surface area contributed by atoms with Crippen molar-refractivity contribution >= 4 is 34.7 Å². The third-order valence-electron chi connectivity index (χ3n) is 5.09. The molecule has 1 fully saturated rings. The van der Waals surface area contributed by atoms with Crippen molar-refractivity contribution in [1.29, 1.82) is 0 Å². The molecule has 1 saturated carbocycles. The monoisotopic (exact) mass is 450 g/mol. The number of alkyl halides is 2. The Morgan fingerprint density at radius 3 is 2.71 bits per heavy atom. The summed E-state index contributed by atoms with van der Waals surface area (Å²) in [5.41, 5.74) is 6.51. The van der Waals surface area contributed by atoms with Crippen molar-refractivity contribution in [1.82, 2.24) is 19.5 Å². The van der Waals surface area contributed by atoms with Crippen molar-refractivity contribution in [3.05, 3.63) is 40.6 Å². The van der Waals surface area contributed by atoms with Gasteiger partial charge >= 0.3 is 0 Å². The first-order valence-corrected chi connectivity index (χ1v) is 10.7. The molecule has 4 rings (SSSR count). The molecule has 0 aliphatic heterocycles. The summed E-state index contributed by atoms with van der Waals surface area (Å²) < 4.78 is 44.8. The first kappa shape index (κ1) is 21.4. The molecule has 0 atom stereocenters. The SMILES string of the molecule is CC(C)n1c(=O)c(-c2ccc(NSCC3CC(F)(F)C3)c(F)c2)nc2cnc(N)nc21. The molecule has 3 N–H and O–H groups in total. The Morgan fingerprint density at radius 1 is 1.32 bits per heavy atom. The maximum absolute atomic E-state index is 14.7. The van der Waals surface area contributed by atoms with Crippen molar-refractivity contribution in [2.45, 2.75) is 38.7 Å². The molecule has 0 saturated heterocycles. The van der Waals surface area contributed by atoms with Crippen LogP contribution in [0.4, 0.5) is 24.8 Å². The van der Waals surface area contributed by atoms with Crippen molar-refractivity contribution in [3.8, 4) is 11.3 Å². The maximum Gasteiger partial charge on any atom is 0.278 e. The number of anilines is 2. The van der Waals surface area contributed by atoms with Crippen molar-refractivity contribution < 1.29 is 13.2 Å². The van der Waals surface area contributed by atoms with Crippen LogP contribution in [-0.2, 0) is 0 Å². The summed E-state index contributed by atoms with van der Waals surface area (Å²) in [6.45, 7) is 3.65. The fraction of sp³-hybridized carbons (Fsp3) is 0.400. The lowest BCUT2D eigenvalue weighted by Crippen LogP contribution is -2.36. The van der Waals surface area contributed by atoms with E-state index >= 15 is 0 Å². The fourth-order valence-corrected chi connectivity index (χ4v) is 4.44. The third kappa shape index (κ3) is 4.32. The highest BCUT2D eigenvalue weighted by atomic mass is 32.2. The number of fused-ring (bicyclic) bond motifs is 1. The molecule has 0 amide bonds. The van der Waals surface area contributed by atoms with Gasteiger partial charge in [0.15, 0.2) is 5.65 Å². The first-order chi connectivity index (χ1) is 14.6. The molecule has 0 spiro atoms. The largest absolute Gasteiger partial charge is 0.368 e. The van der Waals surface area contributed by atoms with Gasteiger partial charge in [-0.05, 0) is 31.9 Å². The zero-order chi connectivity index (χ0) is 22.3. The summed E-state index contributed by atoms with van der Waals surface area (Å²) in [6.07, 6.45) is 1.16. The van der Waals surface area contributed by atoms with Crippen LogP contribution < -0.4 is 16.0 Å². The highest BCUT2D eigenvalue weighted by Gasteiger charge is 2.44. The second-order valence-electron chi connectivity index (χ2n) is 7.90. The molecule has 0 unspecified atom stereocenters. The van der Waals surface area contributed by atoms with Gasteiger partial charge in [-0.2, -0.15) is 4.98 Å². The second kappa shape index (κ2) is 8.03. The molecule has 31 heavy (non-hydrogen) atoms. The predicted octanol–water partition coefficient (Wildman–Crippen LogP) is 4.26. The number of nitrogens with zero attached hydrogens (tertiary/aromatic N) is 4. The number of rotatable bonds is 6. The van der Waals surface area contributed by atoms with E-state index in [4.69, 9.17) is 5.73 Å². The van der Waals surface area contributed by atoms with Crippen LogP contribution in [0.15, 0.2) is 29.2 Å². The average Bonchev–Trinajstić information content (AvgIpc) is 2.67. The van der Waals surface area contributed by atoms with Gasteiger partial charge in [-0.25, -0.2) is 23.1 Å². The van der Waals surface area contributed by atoms with Gasteiger partial charge in [0.2, 0.25) is 11.9 Å². The molecular weight excluding hydrogens is 429 g/mol. The molecule has 1 aliphatic rings. The summed E-state index contributed by atoms with van der Waals surface area (Å²) in [4.78, 5) is 25.5. The Labute approximate surface area is 180 Å². The summed E-state index contributed by atoms with van der Waals surface area (Å²) in [6, 6.07) is 4.07. The van der Waals surface area contributed by atoms with Crippen LogP contribution in [0.2, 0.25) is 0 Å². The number of nitrogen functional groups attached to an aromatic ring is 1. The highest BCUT2D eigenvalue weighted by molar-refractivity contribution is 8.00. The van der Waals surface area contributed by atoms with Crippen LogP contribution in [0.5, 0.6) is 0 Å². The lowest BCUT2D eigenvalue weighted by atomic mass is 9.83. The molecule has 11 heteroatoms. The molecule has 0 radical (unpaired) electrons. The number of nitrogens with two attached hydrogens (primary N) is 1. The number of halogens is 3. The van der Waals surface area contributed by atoms with E-state index in [0.29, 0.717) is 22.5 Å². The predicted molar refractivity (Wildman–Crippen MR) is 116 cm³/mol. The van der Waals surface area contributed by atoms with E-state index in [1.54, 1.807) is 6.07 Å². The normalized spacial score (nSPS) is 15.9. The Kier molecular flexibility index (Phi) is 5.54.